The second-order valence-electron chi connectivity index (χ2n) is 9.40. The molecule has 0 unspecified atom stereocenters. The van der Waals surface area contributed by atoms with Crippen molar-refractivity contribution in [2.24, 2.45) is 0 Å². The Labute approximate surface area is 232 Å². The van der Waals surface area contributed by atoms with E-state index in [2.05, 4.69) is 10.6 Å². The van der Waals surface area contributed by atoms with Gasteiger partial charge in [0.25, 0.3) is 11.8 Å². The molecule has 1 fully saturated rings. The molecule has 1 saturated heterocycles. The Hall–Kier alpha value is -4.36. The fraction of sp³-hybridized carbons (Fsp3) is 0.156. The van der Waals surface area contributed by atoms with E-state index in [1.54, 1.807) is 48.2 Å². The molecule has 3 amide bonds. The fourth-order valence-electron chi connectivity index (χ4n) is 4.56. The molecule has 0 radical (unpaired) electrons. The average molecular weight is 536 g/mol. The summed E-state index contributed by atoms with van der Waals surface area (Å²) in [6.45, 7) is 2.47. The predicted molar refractivity (Wildman–Crippen MR) is 155 cm³/mol. The Morgan fingerprint density at radius 1 is 0.846 bits per heavy atom. The number of para-hydroxylation sites is 1. The van der Waals surface area contributed by atoms with E-state index in [1.165, 1.54) is 0 Å². The monoisotopic (exact) mass is 535 g/mol. The molecule has 0 saturated carbocycles. The molecule has 1 aliphatic heterocycles. The van der Waals surface area contributed by atoms with Gasteiger partial charge < -0.3 is 15.5 Å². The van der Waals surface area contributed by atoms with Crippen LogP contribution in [0.4, 0.5) is 5.69 Å². The number of hydrogen-bond acceptors (Lipinski definition) is 4. The highest BCUT2D eigenvalue weighted by molar-refractivity contribution is 8.00. The van der Waals surface area contributed by atoms with E-state index in [1.807, 2.05) is 84.6 Å². The number of carbonyl (C=O) groups is 3. The predicted octanol–water partition coefficient (Wildman–Crippen LogP) is 6.20. The molecular formula is C32H29N3O3S. The summed E-state index contributed by atoms with van der Waals surface area (Å²) in [7, 11) is 0. The van der Waals surface area contributed by atoms with E-state index in [0.29, 0.717) is 29.1 Å². The Balaban J connectivity index is 1.26. The van der Waals surface area contributed by atoms with Crippen LogP contribution in [0.1, 0.15) is 55.7 Å². The maximum atomic E-state index is 13.1. The minimum absolute atomic E-state index is 0.104. The summed E-state index contributed by atoms with van der Waals surface area (Å²) in [4.78, 5) is 40.6. The van der Waals surface area contributed by atoms with Crippen molar-refractivity contribution >= 4 is 35.2 Å². The molecule has 0 bridgehead atoms. The third kappa shape index (κ3) is 6.21. The largest absolute Gasteiger partial charge is 0.345 e. The number of nitrogens with one attached hydrogen (secondary N) is 2. The van der Waals surface area contributed by atoms with Crippen LogP contribution in [-0.2, 0) is 11.3 Å². The normalized spacial score (nSPS) is 15.6. The Morgan fingerprint density at radius 3 is 2.21 bits per heavy atom. The summed E-state index contributed by atoms with van der Waals surface area (Å²) < 4.78 is 0. The minimum atomic E-state index is -0.311. The third-order valence-electron chi connectivity index (χ3n) is 6.69. The third-order valence-corrected chi connectivity index (χ3v) is 7.94. The number of nitrogens with zero attached hydrogens (tertiary/aromatic N) is 1. The molecule has 4 aromatic carbocycles. The molecule has 2 atom stereocenters. The van der Waals surface area contributed by atoms with E-state index >= 15 is 0 Å². The van der Waals surface area contributed by atoms with Crippen molar-refractivity contribution in [2.75, 3.05) is 11.1 Å². The summed E-state index contributed by atoms with van der Waals surface area (Å²) in [5.74, 6) is -0.0399. The quantitative estimate of drug-likeness (QED) is 0.281. The van der Waals surface area contributed by atoms with Gasteiger partial charge in [0.2, 0.25) is 5.91 Å². The van der Waals surface area contributed by atoms with Crippen LogP contribution in [0, 0.1) is 0 Å². The van der Waals surface area contributed by atoms with Crippen LogP contribution in [0.25, 0.3) is 0 Å². The maximum Gasteiger partial charge on any atom is 0.255 e. The summed E-state index contributed by atoms with van der Waals surface area (Å²) in [5.41, 5.74) is 4.34. The lowest BCUT2D eigenvalue weighted by Crippen LogP contribution is -2.28. The molecule has 0 aromatic heterocycles. The maximum absolute atomic E-state index is 13.1. The number of benzene rings is 4. The van der Waals surface area contributed by atoms with Crippen molar-refractivity contribution in [3.8, 4) is 0 Å². The van der Waals surface area contributed by atoms with Gasteiger partial charge in [-0.1, -0.05) is 84.9 Å². The van der Waals surface area contributed by atoms with Gasteiger partial charge in [-0.2, -0.15) is 0 Å². The Morgan fingerprint density at radius 2 is 1.49 bits per heavy atom. The Bertz CT molecular complexity index is 1460. The molecule has 39 heavy (non-hydrogen) atoms. The molecule has 6 nitrogen and oxygen atoms in total. The SMILES string of the molecule is C[C@@H](NC(=O)c1ccccc1NC(=O)c1ccc([C@H]2SCC(=O)N2Cc2ccccc2)cc1)c1ccccc1. The number of rotatable bonds is 8. The van der Waals surface area contributed by atoms with Gasteiger partial charge in [-0.3, -0.25) is 14.4 Å². The number of anilines is 1. The van der Waals surface area contributed by atoms with E-state index in [-0.39, 0.29) is 29.1 Å². The van der Waals surface area contributed by atoms with Crippen molar-refractivity contribution in [2.45, 2.75) is 24.9 Å². The molecule has 1 heterocycles. The van der Waals surface area contributed by atoms with Gasteiger partial charge >= 0.3 is 0 Å². The van der Waals surface area contributed by atoms with E-state index in [0.717, 1.165) is 16.7 Å². The standard InChI is InChI=1S/C32H29N3O3S/c1-22(24-12-6-3-7-13-24)33-31(38)27-14-8-9-15-28(27)34-30(37)25-16-18-26(19-17-25)32-35(29(36)21-39-32)20-23-10-4-2-5-11-23/h2-19,22,32H,20-21H2,1H3,(H,33,38)(H,34,37)/t22-,32-/m1/s1. The van der Waals surface area contributed by atoms with Crippen molar-refractivity contribution in [3.05, 3.63) is 137 Å². The van der Waals surface area contributed by atoms with Gasteiger partial charge in [0, 0.05) is 12.1 Å². The highest BCUT2D eigenvalue weighted by atomic mass is 32.2. The van der Waals surface area contributed by atoms with Crippen LogP contribution < -0.4 is 10.6 Å². The topological polar surface area (TPSA) is 78.5 Å². The first-order valence-corrected chi connectivity index (χ1v) is 13.9. The van der Waals surface area contributed by atoms with Crippen LogP contribution in [0.3, 0.4) is 0 Å². The summed E-state index contributed by atoms with van der Waals surface area (Å²) in [6.07, 6.45) is 0. The fourth-order valence-corrected chi connectivity index (χ4v) is 5.75. The second-order valence-corrected chi connectivity index (χ2v) is 10.5. The average Bonchev–Trinajstić information content (AvgIpc) is 3.33. The van der Waals surface area contributed by atoms with E-state index < -0.39 is 0 Å². The first-order valence-electron chi connectivity index (χ1n) is 12.8. The van der Waals surface area contributed by atoms with Gasteiger partial charge in [0.1, 0.15) is 5.37 Å². The molecule has 1 aliphatic rings. The highest BCUT2D eigenvalue weighted by Crippen LogP contribution is 2.39. The summed E-state index contributed by atoms with van der Waals surface area (Å²) in [5, 5.41) is 5.79. The van der Waals surface area contributed by atoms with Gasteiger partial charge in [0.15, 0.2) is 0 Å². The zero-order chi connectivity index (χ0) is 27.2. The summed E-state index contributed by atoms with van der Waals surface area (Å²) in [6, 6.07) is 33.7. The molecule has 2 N–H and O–H groups in total. The number of amides is 3. The molecule has 4 aromatic rings. The Kier molecular flexibility index (Phi) is 8.08. The lowest BCUT2D eigenvalue weighted by atomic mass is 10.1. The van der Waals surface area contributed by atoms with Crippen LogP contribution in [-0.4, -0.2) is 28.4 Å². The highest BCUT2D eigenvalue weighted by Gasteiger charge is 2.32. The second kappa shape index (κ2) is 12.0. The first-order chi connectivity index (χ1) is 19.0. The van der Waals surface area contributed by atoms with Gasteiger partial charge in [0.05, 0.1) is 23.0 Å². The lowest BCUT2D eigenvalue weighted by Gasteiger charge is -2.24. The van der Waals surface area contributed by atoms with Crippen LogP contribution >= 0.6 is 11.8 Å². The van der Waals surface area contributed by atoms with Crippen LogP contribution in [0.15, 0.2) is 109 Å². The van der Waals surface area contributed by atoms with E-state index in [4.69, 9.17) is 0 Å². The molecule has 5 rings (SSSR count). The van der Waals surface area contributed by atoms with Crippen molar-refractivity contribution in [1.29, 1.82) is 0 Å². The molecule has 0 aliphatic carbocycles. The smallest absolute Gasteiger partial charge is 0.255 e. The van der Waals surface area contributed by atoms with Gasteiger partial charge in [-0.15, -0.1) is 11.8 Å². The zero-order valence-electron chi connectivity index (χ0n) is 21.5. The number of hydrogen-bond donors (Lipinski definition) is 2. The summed E-state index contributed by atoms with van der Waals surface area (Å²) >= 11 is 1.59. The van der Waals surface area contributed by atoms with Crippen LogP contribution in [0.5, 0.6) is 0 Å². The van der Waals surface area contributed by atoms with Gasteiger partial charge in [-0.25, -0.2) is 0 Å². The van der Waals surface area contributed by atoms with Crippen molar-refractivity contribution in [1.82, 2.24) is 10.2 Å². The minimum Gasteiger partial charge on any atom is -0.345 e. The molecular weight excluding hydrogens is 506 g/mol. The van der Waals surface area contributed by atoms with Gasteiger partial charge in [-0.05, 0) is 47.9 Å². The van der Waals surface area contributed by atoms with Crippen molar-refractivity contribution in [3.63, 3.8) is 0 Å². The number of carbonyl (C=O) groups excluding carboxylic acids is 3. The zero-order valence-corrected chi connectivity index (χ0v) is 22.4. The van der Waals surface area contributed by atoms with E-state index in [9.17, 15) is 14.4 Å². The van der Waals surface area contributed by atoms with Crippen LogP contribution in [0.2, 0.25) is 0 Å². The molecule has 0 spiro atoms. The molecule has 196 valence electrons. The lowest BCUT2D eigenvalue weighted by molar-refractivity contribution is -0.128. The first kappa shape index (κ1) is 26.3. The van der Waals surface area contributed by atoms with Crippen molar-refractivity contribution < 1.29 is 14.4 Å². The number of thioether (sulfide) groups is 1. The molecule has 7 heteroatoms.